The first-order valence-corrected chi connectivity index (χ1v) is 11.0. The van der Waals surface area contributed by atoms with Gasteiger partial charge in [-0.1, -0.05) is 19.1 Å². The summed E-state index contributed by atoms with van der Waals surface area (Å²) in [5.41, 5.74) is 2.45. The fraction of sp³-hybridized carbons (Fsp3) is 0.478. The molecule has 1 aromatic heterocycles. The van der Waals surface area contributed by atoms with Gasteiger partial charge >= 0.3 is 0 Å². The van der Waals surface area contributed by atoms with Gasteiger partial charge in [-0.15, -0.1) is 0 Å². The van der Waals surface area contributed by atoms with Crippen LogP contribution in [0.2, 0.25) is 0 Å². The SMILES string of the molecule is CC[C@@H]1CCCCN1c1nc2c(c(=O)[nH]1)[C@@H](C(=O)Nc1cc(C)ccc1C)CC(=O)N2. The number of nitrogens with zero attached hydrogens (tertiary/aromatic N) is 2. The van der Waals surface area contributed by atoms with Gasteiger partial charge in [-0.2, -0.15) is 4.98 Å². The Morgan fingerprint density at radius 3 is 2.84 bits per heavy atom. The first-order valence-electron chi connectivity index (χ1n) is 11.0. The quantitative estimate of drug-likeness (QED) is 0.700. The first-order chi connectivity index (χ1) is 14.9. The smallest absolute Gasteiger partial charge is 0.258 e. The number of aromatic nitrogens is 2. The van der Waals surface area contributed by atoms with E-state index in [1.54, 1.807) is 0 Å². The van der Waals surface area contributed by atoms with Crippen LogP contribution in [0.25, 0.3) is 0 Å². The van der Waals surface area contributed by atoms with Gasteiger partial charge in [-0.25, -0.2) is 0 Å². The number of amides is 2. The van der Waals surface area contributed by atoms with E-state index in [-0.39, 0.29) is 35.2 Å². The molecule has 1 fully saturated rings. The van der Waals surface area contributed by atoms with E-state index in [9.17, 15) is 14.4 Å². The molecule has 0 bridgehead atoms. The van der Waals surface area contributed by atoms with Gasteiger partial charge in [0.25, 0.3) is 5.56 Å². The van der Waals surface area contributed by atoms with Crippen molar-refractivity contribution in [1.29, 1.82) is 0 Å². The zero-order valence-corrected chi connectivity index (χ0v) is 18.2. The Kier molecular flexibility index (Phi) is 5.80. The Hall–Kier alpha value is -3.16. The maximum atomic E-state index is 13.1. The van der Waals surface area contributed by atoms with Crippen molar-refractivity contribution in [2.24, 2.45) is 0 Å². The third kappa shape index (κ3) is 4.19. The molecule has 2 aliphatic rings. The summed E-state index contributed by atoms with van der Waals surface area (Å²) in [7, 11) is 0. The lowest BCUT2D eigenvalue weighted by atomic mass is 9.92. The highest BCUT2D eigenvalue weighted by molar-refractivity contribution is 6.04. The predicted molar refractivity (Wildman–Crippen MR) is 121 cm³/mol. The van der Waals surface area contributed by atoms with Crippen LogP contribution in [0.1, 0.15) is 61.6 Å². The van der Waals surface area contributed by atoms with Gasteiger partial charge in [0.2, 0.25) is 17.8 Å². The number of H-pyrrole nitrogens is 1. The second-order valence-corrected chi connectivity index (χ2v) is 8.52. The van der Waals surface area contributed by atoms with Gasteiger partial charge in [0.05, 0.1) is 11.5 Å². The third-order valence-corrected chi connectivity index (χ3v) is 6.28. The van der Waals surface area contributed by atoms with Crippen LogP contribution in [-0.2, 0) is 9.59 Å². The van der Waals surface area contributed by atoms with Crippen molar-refractivity contribution in [3.8, 4) is 0 Å². The number of hydrogen-bond donors (Lipinski definition) is 3. The minimum Gasteiger partial charge on any atom is -0.339 e. The molecule has 0 unspecified atom stereocenters. The molecule has 0 aliphatic carbocycles. The van der Waals surface area contributed by atoms with Crippen molar-refractivity contribution in [1.82, 2.24) is 9.97 Å². The number of piperidine rings is 1. The number of anilines is 3. The van der Waals surface area contributed by atoms with Crippen molar-refractivity contribution in [3.05, 3.63) is 45.2 Å². The van der Waals surface area contributed by atoms with E-state index < -0.39 is 5.92 Å². The van der Waals surface area contributed by atoms with E-state index in [0.717, 1.165) is 43.4 Å². The molecule has 8 nitrogen and oxygen atoms in total. The fourth-order valence-electron chi connectivity index (χ4n) is 4.51. The Bertz CT molecular complexity index is 1080. The lowest BCUT2D eigenvalue weighted by molar-refractivity contribution is -0.123. The van der Waals surface area contributed by atoms with Gasteiger partial charge in [0, 0.05) is 24.7 Å². The summed E-state index contributed by atoms with van der Waals surface area (Å²) in [6.45, 7) is 6.78. The molecule has 31 heavy (non-hydrogen) atoms. The number of fused-ring (bicyclic) bond motifs is 1. The van der Waals surface area contributed by atoms with E-state index in [4.69, 9.17) is 0 Å². The van der Waals surface area contributed by atoms with Gasteiger partial charge < -0.3 is 15.5 Å². The maximum Gasteiger partial charge on any atom is 0.258 e. The molecular weight excluding hydrogens is 394 g/mol. The molecule has 2 amide bonds. The standard InChI is InChI=1S/C23H29N5O3/c1-4-15-7-5-6-10-28(15)23-26-20-19(22(31)27-23)16(12-18(29)25-20)21(30)24-17-11-13(2)8-9-14(17)3/h8-9,11,15-16H,4-7,10,12H2,1-3H3,(H,24,30)(H2,25,26,27,29,31)/t15-,16+/m1/s1. The Labute approximate surface area is 181 Å². The second kappa shape index (κ2) is 8.53. The number of carbonyl (C=O) groups excluding carboxylic acids is 2. The molecule has 0 radical (unpaired) electrons. The van der Waals surface area contributed by atoms with Gasteiger partial charge in [-0.05, 0) is 56.7 Å². The van der Waals surface area contributed by atoms with Crippen molar-refractivity contribution < 1.29 is 9.59 Å². The molecule has 2 atom stereocenters. The molecule has 3 N–H and O–H groups in total. The molecule has 2 aliphatic heterocycles. The molecule has 2 aromatic rings. The monoisotopic (exact) mass is 423 g/mol. The summed E-state index contributed by atoms with van der Waals surface area (Å²) in [5.74, 6) is -0.933. The molecule has 8 heteroatoms. The van der Waals surface area contributed by atoms with E-state index in [0.29, 0.717) is 17.7 Å². The zero-order valence-electron chi connectivity index (χ0n) is 18.2. The first kappa shape index (κ1) is 21.1. The number of aromatic amines is 1. The number of nitrogens with one attached hydrogen (secondary N) is 3. The van der Waals surface area contributed by atoms with E-state index >= 15 is 0 Å². The highest BCUT2D eigenvalue weighted by Gasteiger charge is 2.36. The van der Waals surface area contributed by atoms with Crippen molar-refractivity contribution >= 4 is 29.3 Å². The third-order valence-electron chi connectivity index (χ3n) is 6.28. The summed E-state index contributed by atoms with van der Waals surface area (Å²) < 4.78 is 0. The highest BCUT2D eigenvalue weighted by Crippen LogP contribution is 2.32. The molecular formula is C23H29N5O3. The van der Waals surface area contributed by atoms with E-state index in [1.165, 1.54) is 0 Å². The number of rotatable bonds is 4. The van der Waals surface area contributed by atoms with Crippen molar-refractivity contribution in [2.45, 2.75) is 64.8 Å². The van der Waals surface area contributed by atoms with Crippen LogP contribution < -0.4 is 21.1 Å². The van der Waals surface area contributed by atoms with Crippen LogP contribution in [0.3, 0.4) is 0 Å². The van der Waals surface area contributed by atoms with Gasteiger partial charge in [0.1, 0.15) is 5.82 Å². The average Bonchev–Trinajstić information content (AvgIpc) is 2.75. The van der Waals surface area contributed by atoms with Gasteiger partial charge in [0.15, 0.2) is 0 Å². The number of aryl methyl sites for hydroxylation is 2. The van der Waals surface area contributed by atoms with Crippen LogP contribution >= 0.6 is 0 Å². The summed E-state index contributed by atoms with van der Waals surface area (Å²) in [6.07, 6.45) is 4.10. The van der Waals surface area contributed by atoms with Crippen LogP contribution in [0.4, 0.5) is 17.5 Å². The fourth-order valence-corrected chi connectivity index (χ4v) is 4.51. The Morgan fingerprint density at radius 2 is 2.06 bits per heavy atom. The second-order valence-electron chi connectivity index (χ2n) is 8.52. The molecule has 164 valence electrons. The predicted octanol–water partition coefficient (Wildman–Crippen LogP) is 3.22. The van der Waals surface area contributed by atoms with E-state index in [2.05, 4.69) is 32.4 Å². The molecule has 3 heterocycles. The minimum atomic E-state index is -0.891. The van der Waals surface area contributed by atoms with Crippen LogP contribution in [0, 0.1) is 13.8 Å². The van der Waals surface area contributed by atoms with Gasteiger partial charge in [-0.3, -0.25) is 19.4 Å². The summed E-state index contributed by atoms with van der Waals surface area (Å²) >= 11 is 0. The zero-order chi connectivity index (χ0) is 22.1. The maximum absolute atomic E-state index is 13.1. The van der Waals surface area contributed by atoms with Crippen LogP contribution in [-0.4, -0.2) is 34.4 Å². The molecule has 1 saturated heterocycles. The van der Waals surface area contributed by atoms with Crippen molar-refractivity contribution in [2.75, 3.05) is 22.1 Å². The molecule has 4 rings (SSSR count). The Morgan fingerprint density at radius 1 is 1.26 bits per heavy atom. The van der Waals surface area contributed by atoms with E-state index in [1.807, 2.05) is 32.0 Å². The highest BCUT2D eigenvalue weighted by atomic mass is 16.2. The lowest BCUT2D eigenvalue weighted by Gasteiger charge is -2.36. The summed E-state index contributed by atoms with van der Waals surface area (Å²) in [6, 6.07) is 6.08. The molecule has 0 saturated carbocycles. The summed E-state index contributed by atoms with van der Waals surface area (Å²) in [5, 5.41) is 5.60. The summed E-state index contributed by atoms with van der Waals surface area (Å²) in [4.78, 5) is 48.1. The molecule has 0 spiro atoms. The molecule has 1 aromatic carbocycles. The Balaban J connectivity index is 1.67. The average molecular weight is 424 g/mol. The number of carbonyl (C=O) groups is 2. The minimum absolute atomic E-state index is 0.0882. The number of hydrogen-bond acceptors (Lipinski definition) is 5. The van der Waals surface area contributed by atoms with Crippen LogP contribution in [0.15, 0.2) is 23.0 Å². The topological polar surface area (TPSA) is 107 Å². The van der Waals surface area contributed by atoms with Crippen molar-refractivity contribution in [3.63, 3.8) is 0 Å². The number of benzene rings is 1. The van der Waals surface area contributed by atoms with Crippen LogP contribution in [0.5, 0.6) is 0 Å². The normalized spacial score (nSPS) is 20.7. The lowest BCUT2D eigenvalue weighted by Crippen LogP contribution is -2.43. The largest absolute Gasteiger partial charge is 0.339 e.